The fourth-order valence-corrected chi connectivity index (χ4v) is 2.70. The van der Waals surface area contributed by atoms with Crippen LogP contribution in [0.2, 0.25) is 0 Å². The van der Waals surface area contributed by atoms with Gasteiger partial charge in [-0.15, -0.1) is 0 Å². The maximum absolute atomic E-state index is 13.1. The van der Waals surface area contributed by atoms with Crippen molar-refractivity contribution in [3.8, 4) is 0 Å². The minimum atomic E-state index is -0.290. The maximum atomic E-state index is 13.1. The number of hydrogen-bond donors (Lipinski definition) is 1. The molecule has 3 rings (SSSR count). The summed E-state index contributed by atoms with van der Waals surface area (Å²) in [5.74, 6) is 0.529. The van der Waals surface area contributed by atoms with Gasteiger partial charge in [-0.25, -0.2) is 9.37 Å². The van der Waals surface area contributed by atoms with Crippen molar-refractivity contribution in [2.24, 2.45) is 0 Å². The second kappa shape index (κ2) is 7.83. The summed E-state index contributed by atoms with van der Waals surface area (Å²) in [6.45, 7) is 3.92. The first-order chi connectivity index (χ1) is 11.7. The molecule has 0 radical (unpaired) electrons. The van der Waals surface area contributed by atoms with Gasteiger partial charge in [0.25, 0.3) is 0 Å². The van der Waals surface area contributed by atoms with Crippen molar-refractivity contribution in [1.29, 1.82) is 0 Å². The molecule has 126 valence electrons. The first-order valence-electron chi connectivity index (χ1n) is 7.95. The lowest BCUT2D eigenvalue weighted by atomic mass is 10.2. The average Bonchev–Trinajstić information content (AvgIpc) is 2.61. The van der Waals surface area contributed by atoms with E-state index in [0.717, 1.165) is 37.6 Å². The van der Waals surface area contributed by atoms with Crippen molar-refractivity contribution in [3.63, 3.8) is 0 Å². The standard InChI is InChI=1S/C17H20FN5O/c18-15-3-1-2-14(10-15)11-21-17(24)13-22-6-8-23(9-7-22)16-12-19-4-5-20-16/h1-5,10,12H,6-9,11,13H2,(H,21,24). The maximum Gasteiger partial charge on any atom is 0.234 e. The van der Waals surface area contributed by atoms with Crippen LogP contribution < -0.4 is 10.2 Å². The van der Waals surface area contributed by atoms with Crippen LogP contribution in [0, 0.1) is 5.82 Å². The zero-order valence-corrected chi connectivity index (χ0v) is 13.4. The summed E-state index contributed by atoms with van der Waals surface area (Å²) in [4.78, 5) is 24.7. The third-order valence-corrected chi connectivity index (χ3v) is 3.99. The Morgan fingerprint density at radius 2 is 2.04 bits per heavy atom. The third-order valence-electron chi connectivity index (χ3n) is 3.99. The largest absolute Gasteiger partial charge is 0.353 e. The fourth-order valence-electron chi connectivity index (χ4n) is 2.70. The minimum absolute atomic E-state index is 0.0489. The molecule has 0 bridgehead atoms. The van der Waals surface area contributed by atoms with Gasteiger partial charge in [-0.3, -0.25) is 14.7 Å². The highest BCUT2D eigenvalue weighted by Gasteiger charge is 2.19. The van der Waals surface area contributed by atoms with Crippen molar-refractivity contribution in [1.82, 2.24) is 20.2 Å². The number of nitrogens with zero attached hydrogens (tertiary/aromatic N) is 4. The lowest BCUT2D eigenvalue weighted by Crippen LogP contribution is -2.49. The summed E-state index contributed by atoms with van der Waals surface area (Å²) in [6.07, 6.45) is 5.09. The van der Waals surface area contributed by atoms with E-state index in [9.17, 15) is 9.18 Å². The van der Waals surface area contributed by atoms with Gasteiger partial charge in [-0.05, 0) is 17.7 Å². The Balaban J connectivity index is 1.42. The van der Waals surface area contributed by atoms with Crippen LogP contribution in [-0.2, 0) is 11.3 Å². The SMILES string of the molecule is O=C(CN1CCN(c2cnccn2)CC1)NCc1cccc(F)c1. The highest BCUT2D eigenvalue weighted by Crippen LogP contribution is 2.11. The lowest BCUT2D eigenvalue weighted by Gasteiger charge is -2.34. The Kier molecular flexibility index (Phi) is 5.32. The molecule has 0 unspecified atom stereocenters. The number of aromatic nitrogens is 2. The Bertz CT molecular complexity index is 674. The van der Waals surface area contributed by atoms with Gasteiger partial charge in [0.1, 0.15) is 11.6 Å². The average molecular weight is 329 g/mol. The van der Waals surface area contributed by atoms with Crippen molar-refractivity contribution in [2.45, 2.75) is 6.54 Å². The molecule has 0 atom stereocenters. The molecule has 1 saturated heterocycles. The van der Waals surface area contributed by atoms with Crippen LogP contribution in [0.1, 0.15) is 5.56 Å². The van der Waals surface area contributed by atoms with Gasteiger partial charge >= 0.3 is 0 Å². The quantitative estimate of drug-likeness (QED) is 0.889. The lowest BCUT2D eigenvalue weighted by molar-refractivity contribution is -0.122. The summed E-state index contributed by atoms with van der Waals surface area (Å²) in [5.41, 5.74) is 0.760. The van der Waals surface area contributed by atoms with Crippen LogP contribution in [0.3, 0.4) is 0 Å². The number of anilines is 1. The summed E-state index contributed by atoms with van der Waals surface area (Å²) >= 11 is 0. The molecule has 24 heavy (non-hydrogen) atoms. The number of carbonyl (C=O) groups is 1. The molecule has 1 amide bonds. The van der Waals surface area contributed by atoms with E-state index in [2.05, 4.69) is 25.1 Å². The van der Waals surface area contributed by atoms with Gasteiger partial charge in [-0.1, -0.05) is 12.1 Å². The van der Waals surface area contributed by atoms with E-state index in [1.807, 2.05) is 0 Å². The number of rotatable bonds is 5. The normalized spacial score (nSPS) is 15.3. The molecule has 2 heterocycles. The number of benzene rings is 1. The van der Waals surface area contributed by atoms with E-state index in [4.69, 9.17) is 0 Å². The van der Waals surface area contributed by atoms with Crippen LogP contribution in [0.4, 0.5) is 10.2 Å². The van der Waals surface area contributed by atoms with Crippen LogP contribution in [0.15, 0.2) is 42.9 Å². The Labute approximate surface area is 140 Å². The molecule has 0 saturated carbocycles. The van der Waals surface area contributed by atoms with Crippen LogP contribution >= 0.6 is 0 Å². The summed E-state index contributed by atoms with van der Waals surface area (Å²) < 4.78 is 13.1. The predicted molar refractivity (Wildman–Crippen MR) is 88.9 cm³/mol. The highest BCUT2D eigenvalue weighted by atomic mass is 19.1. The predicted octanol–water partition coefficient (Wildman–Crippen LogP) is 1.05. The second-order valence-electron chi connectivity index (χ2n) is 5.73. The number of carbonyl (C=O) groups excluding carboxylic acids is 1. The Hall–Kier alpha value is -2.54. The first kappa shape index (κ1) is 16.3. The van der Waals surface area contributed by atoms with Crippen LogP contribution in [0.5, 0.6) is 0 Å². The van der Waals surface area contributed by atoms with Gasteiger partial charge in [-0.2, -0.15) is 0 Å². The van der Waals surface area contributed by atoms with E-state index in [1.165, 1.54) is 12.1 Å². The van der Waals surface area contributed by atoms with Crippen molar-refractivity contribution in [2.75, 3.05) is 37.6 Å². The Morgan fingerprint density at radius 1 is 1.21 bits per heavy atom. The number of halogens is 1. The minimum Gasteiger partial charge on any atom is -0.353 e. The van der Waals surface area contributed by atoms with E-state index in [1.54, 1.807) is 30.7 Å². The monoisotopic (exact) mass is 329 g/mol. The number of amides is 1. The summed E-state index contributed by atoms with van der Waals surface area (Å²) in [7, 11) is 0. The molecule has 0 aliphatic carbocycles. The van der Waals surface area contributed by atoms with E-state index in [-0.39, 0.29) is 11.7 Å². The zero-order valence-electron chi connectivity index (χ0n) is 13.4. The van der Waals surface area contributed by atoms with Crippen molar-refractivity contribution in [3.05, 3.63) is 54.2 Å². The topological polar surface area (TPSA) is 61.4 Å². The highest BCUT2D eigenvalue weighted by molar-refractivity contribution is 5.78. The third kappa shape index (κ3) is 4.48. The van der Waals surface area contributed by atoms with Crippen LogP contribution in [-0.4, -0.2) is 53.5 Å². The number of nitrogens with one attached hydrogen (secondary N) is 1. The molecule has 1 aromatic heterocycles. The van der Waals surface area contributed by atoms with Gasteiger partial charge in [0.2, 0.25) is 5.91 Å². The molecule has 0 spiro atoms. The zero-order chi connectivity index (χ0) is 16.8. The summed E-state index contributed by atoms with van der Waals surface area (Å²) in [5, 5.41) is 2.83. The summed E-state index contributed by atoms with van der Waals surface area (Å²) in [6, 6.07) is 6.26. The molecule has 6 nitrogen and oxygen atoms in total. The van der Waals surface area contributed by atoms with Gasteiger partial charge in [0.15, 0.2) is 0 Å². The smallest absolute Gasteiger partial charge is 0.234 e. The van der Waals surface area contributed by atoms with Gasteiger partial charge in [0.05, 0.1) is 12.7 Å². The van der Waals surface area contributed by atoms with Crippen molar-refractivity contribution < 1.29 is 9.18 Å². The molecule has 2 aromatic rings. The van der Waals surface area contributed by atoms with Gasteiger partial charge in [0, 0.05) is 45.1 Å². The molecular weight excluding hydrogens is 309 g/mol. The number of hydrogen-bond acceptors (Lipinski definition) is 5. The van der Waals surface area contributed by atoms with E-state index in [0.29, 0.717) is 13.1 Å². The fraction of sp³-hybridized carbons (Fsp3) is 0.353. The molecule has 1 aliphatic heterocycles. The first-order valence-corrected chi connectivity index (χ1v) is 7.95. The second-order valence-corrected chi connectivity index (χ2v) is 5.73. The van der Waals surface area contributed by atoms with E-state index >= 15 is 0 Å². The molecule has 1 aromatic carbocycles. The van der Waals surface area contributed by atoms with Gasteiger partial charge < -0.3 is 10.2 Å². The molecule has 1 N–H and O–H groups in total. The Morgan fingerprint density at radius 3 is 2.75 bits per heavy atom. The molecule has 1 aliphatic rings. The molecule has 1 fully saturated rings. The molecule has 7 heteroatoms. The molecular formula is C17H20FN5O. The van der Waals surface area contributed by atoms with Crippen LogP contribution in [0.25, 0.3) is 0 Å². The van der Waals surface area contributed by atoms with Crippen molar-refractivity contribution >= 4 is 11.7 Å². The number of piperazine rings is 1. The van der Waals surface area contributed by atoms with E-state index < -0.39 is 0 Å².